The highest BCUT2D eigenvalue weighted by Crippen LogP contribution is 2.37. The van der Waals surface area contributed by atoms with E-state index in [1.54, 1.807) is 30.3 Å². The van der Waals surface area contributed by atoms with Crippen LogP contribution in [-0.2, 0) is 5.72 Å². The minimum atomic E-state index is -1.59. The fraction of sp³-hybridized carbons (Fsp3) is 0.222. The lowest BCUT2D eigenvalue weighted by Crippen LogP contribution is -2.43. The molecule has 1 unspecified atom stereocenters. The van der Waals surface area contributed by atoms with E-state index < -0.39 is 17.4 Å². The van der Waals surface area contributed by atoms with E-state index in [0.717, 1.165) is 5.01 Å². The zero-order valence-electron chi connectivity index (χ0n) is 12.7. The molecule has 0 saturated carbocycles. The lowest BCUT2D eigenvalue weighted by Gasteiger charge is -2.31. The lowest BCUT2D eigenvalue weighted by atomic mass is 9.96. The molecule has 0 bridgehead atoms. The number of amides is 1. The maximum absolute atomic E-state index is 13.9. The number of carbonyl (C=O) groups excluding carboxylic acids is 1. The van der Waals surface area contributed by atoms with E-state index in [4.69, 9.17) is 0 Å². The van der Waals surface area contributed by atoms with Gasteiger partial charge in [-0.3, -0.25) is 4.79 Å². The zero-order chi connectivity index (χ0) is 16.4. The molecule has 2 aromatic carbocycles. The second kappa shape index (κ2) is 5.93. The fourth-order valence-corrected chi connectivity index (χ4v) is 2.71. The van der Waals surface area contributed by atoms with E-state index in [0.29, 0.717) is 17.7 Å². The number of aliphatic hydroxyl groups is 1. The van der Waals surface area contributed by atoms with Gasteiger partial charge in [-0.1, -0.05) is 49.4 Å². The molecule has 0 spiro atoms. The third-order valence-corrected chi connectivity index (χ3v) is 3.98. The number of rotatable bonds is 3. The van der Waals surface area contributed by atoms with Crippen LogP contribution in [0.5, 0.6) is 0 Å². The number of carbonyl (C=O) groups is 1. The predicted molar refractivity (Wildman–Crippen MR) is 85.3 cm³/mol. The molecule has 1 amide bonds. The minimum absolute atomic E-state index is 0.108. The number of halogens is 1. The first kappa shape index (κ1) is 15.4. The van der Waals surface area contributed by atoms with E-state index in [9.17, 15) is 14.3 Å². The first-order chi connectivity index (χ1) is 11.1. The Bertz CT molecular complexity index is 761. The molecular weight excluding hydrogens is 295 g/mol. The maximum atomic E-state index is 13.9. The first-order valence-electron chi connectivity index (χ1n) is 7.49. The van der Waals surface area contributed by atoms with Crippen LogP contribution in [0.15, 0.2) is 59.7 Å². The van der Waals surface area contributed by atoms with Crippen molar-refractivity contribution in [1.82, 2.24) is 5.01 Å². The first-order valence-corrected chi connectivity index (χ1v) is 7.49. The summed E-state index contributed by atoms with van der Waals surface area (Å²) in [6.45, 7) is 1.90. The van der Waals surface area contributed by atoms with Crippen molar-refractivity contribution in [2.24, 2.45) is 5.10 Å². The minimum Gasteiger partial charge on any atom is -0.365 e. The van der Waals surface area contributed by atoms with Gasteiger partial charge >= 0.3 is 0 Å². The summed E-state index contributed by atoms with van der Waals surface area (Å²) in [6, 6.07) is 14.6. The Balaban J connectivity index is 2.05. The summed E-state index contributed by atoms with van der Waals surface area (Å²) in [5, 5.41) is 16.4. The van der Waals surface area contributed by atoms with E-state index in [1.807, 2.05) is 13.0 Å². The number of hydrogen-bond acceptors (Lipinski definition) is 3. The van der Waals surface area contributed by atoms with Gasteiger partial charge < -0.3 is 5.11 Å². The summed E-state index contributed by atoms with van der Waals surface area (Å²) in [7, 11) is 0. The normalized spacial score (nSPS) is 20.5. The molecule has 1 N–H and O–H groups in total. The van der Waals surface area contributed by atoms with Crippen LogP contribution in [0.3, 0.4) is 0 Å². The highest BCUT2D eigenvalue weighted by molar-refractivity contribution is 5.98. The Morgan fingerprint density at radius 2 is 1.87 bits per heavy atom. The number of benzene rings is 2. The van der Waals surface area contributed by atoms with Crippen LogP contribution in [0, 0.1) is 5.82 Å². The van der Waals surface area contributed by atoms with Crippen molar-refractivity contribution >= 4 is 11.6 Å². The molecule has 118 valence electrons. The van der Waals surface area contributed by atoms with Crippen LogP contribution in [-0.4, -0.2) is 21.7 Å². The molecule has 1 atom stereocenters. The van der Waals surface area contributed by atoms with Crippen molar-refractivity contribution in [1.29, 1.82) is 0 Å². The van der Waals surface area contributed by atoms with Crippen molar-refractivity contribution < 1.29 is 14.3 Å². The van der Waals surface area contributed by atoms with E-state index in [2.05, 4.69) is 5.10 Å². The summed E-state index contributed by atoms with van der Waals surface area (Å²) in [5.41, 5.74) is -0.452. The summed E-state index contributed by atoms with van der Waals surface area (Å²) in [5.74, 6) is -1.29. The zero-order valence-corrected chi connectivity index (χ0v) is 12.7. The van der Waals surface area contributed by atoms with Gasteiger partial charge in [0.15, 0.2) is 5.72 Å². The van der Waals surface area contributed by atoms with Crippen molar-refractivity contribution in [3.8, 4) is 0 Å². The van der Waals surface area contributed by atoms with Crippen LogP contribution >= 0.6 is 0 Å². The standard InChI is InChI=1S/C18H17FN2O2/c1-2-14-12-18(23,13-8-4-3-5-9-13)21(20-14)17(22)15-10-6-7-11-16(15)19/h3-11,23H,2,12H2,1H3. The van der Waals surface area contributed by atoms with E-state index >= 15 is 0 Å². The van der Waals surface area contributed by atoms with Gasteiger partial charge in [-0.05, 0) is 18.6 Å². The van der Waals surface area contributed by atoms with Gasteiger partial charge in [0.25, 0.3) is 5.91 Å². The maximum Gasteiger partial charge on any atom is 0.279 e. The Morgan fingerprint density at radius 3 is 2.52 bits per heavy atom. The van der Waals surface area contributed by atoms with E-state index in [-0.39, 0.29) is 12.0 Å². The SMILES string of the molecule is CCC1=NN(C(=O)c2ccccc2F)C(O)(c2ccccc2)C1. The molecule has 4 nitrogen and oxygen atoms in total. The van der Waals surface area contributed by atoms with Crippen LogP contribution in [0.4, 0.5) is 4.39 Å². The van der Waals surface area contributed by atoms with E-state index in [1.165, 1.54) is 18.2 Å². The van der Waals surface area contributed by atoms with Gasteiger partial charge in [-0.15, -0.1) is 0 Å². The molecule has 1 aliphatic heterocycles. The van der Waals surface area contributed by atoms with Crippen LogP contribution < -0.4 is 0 Å². The highest BCUT2D eigenvalue weighted by Gasteiger charge is 2.46. The van der Waals surface area contributed by atoms with Gasteiger partial charge in [0.05, 0.1) is 5.56 Å². The van der Waals surface area contributed by atoms with Crippen molar-refractivity contribution in [2.75, 3.05) is 0 Å². The second-order valence-electron chi connectivity index (χ2n) is 5.48. The number of hydrogen-bond donors (Lipinski definition) is 1. The third-order valence-electron chi connectivity index (χ3n) is 3.98. The summed E-state index contributed by atoms with van der Waals surface area (Å²) < 4.78 is 13.9. The Labute approximate surface area is 133 Å². The quantitative estimate of drug-likeness (QED) is 0.945. The molecule has 0 aromatic heterocycles. The van der Waals surface area contributed by atoms with Gasteiger partial charge in [-0.25, -0.2) is 4.39 Å². The molecule has 23 heavy (non-hydrogen) atoms. The number of hydrazone groups is 1. The Morgan fingerprint density at radius 1 is 1.22 bits per heavy atom. The largest absolute Gasteiger partial charge is 0.365 e. The van der Waals surface area contributed by atoms with Gasteiger partial charge in [-0.2, -0.15) is 10.1 Å². The van der Waals surface area contributed by atoms with Crippen molar-refractivity contribution in [2.45, 2.75) is 25.5 Å². The summed E-state index contributed by atoms with van der Waals surface area (Å²) in [4.78, 5) is 12.7. The smallest absolute Gasteiger partial charge is 0.279 e. The fourth-order valence-electron chi connectivity index (χ4n) is 2.71. The number of nitrogens with zero attached hydrogens (tertiary/aromatic N) is 2. The molecule has 0 aliphatic carbocycles. The monoisotopic (exact) mass is 312 g/mol. The Hall–Kier alpha value is -2.53. The molecule has 1 heterocycles. The molecule has 5 heteroatoms. The highest BCUT2D eigenvalue weighted by atomic mass is 19.1. The summed E-state index contributed by atoms with van der Waals surface area (Å²) >= 11 is 0. The van der Waals surface area contributed by atoms with Crippen molar-refractivity contribution in [3.05, 3.63) is 71.5 Å². The third kappa shape index (κ3) is 2.64. The van der Waals surface area contributed by atoms with Crippen molar-refractivity contribution in [3.63, 3.8) is 0 Å². The molecular formula is C18H17FN2O2. The predicted octanol–water partition coefficient (Wildman–Crippen LogP) is 3.28. The van der Waals surface area contributed by atoms with Gasteiger partial charge in [0.1, 0.15) is 5.82 Å². The van der Waals surface area contributed by atoms with Gasteiger partial charge in [0.2, 0.25) is 0 Å². The molecule has 3 rings (SSSR count). The molecule has 0 radical (unpaired) electrons. The second-order valence-corrected chi connectivity index (χ2v) is 5.48. The Kier molecular flexibility index (Phi) is 3.96. The average molecular weight is 312 g/mol. The molecule has 1 aliphatic rings. The van der Waals surface area contributed by atoms with Crippen LogP contribution in [0.2, 0.25) is 0 Å². The summed E-state index contributed by atoms with van der Waals surface area (Å²) in [6.07, 6.45) is 0.823. The molecule has 0 fully saturated rings. The average Bonchev–Trinajstić information content (AvgIpc) is 2.94. The topological polar surface area (TPSA) is 52.9 Å². The molecule has 2 aromatic rings. The molecule has 0 saturated heterocycles. The van der Waals surface area contributed by atoms with Gasteiger partial charge in [0, 0.05) is 17.7 Å². The lowest BCUT2D eigenvalue weighted by molar-refractivity contribution is -0.0767. The van der Waals surface area contributed by atoms with Crippen LogP contribution in [0.25, 0.3) is 0 Å². The van der Waals surface area contributed by atoms with Crippen LogP contribution in [0.1, 0.15) is 35.7 Å².